The molecule has 2 heterocycles. The summed E-state index contributed by atoms with van der Waals surface area (Å²) >= 11 is 0. The molecule has 3 nitrogen and oxygen atoms in total. The largest absolute Gasteiger partial charge is 0.378 e. The highest BCUT2D eigenvalue weighted by Crippen LogP contribution is 2.36. The van der Waals surface area contributed by atoms with Crippen LogP contribution in [-0.2, 0) is 9.47 Å². The Labute approximate surface area is 91.5 Å². The topological polar surface area (TPSA) is 33.8 Å². The zero-order valence-electron chi connectivity index (χ0n) is 9.45. The summed E-state index contributed by atoms with van der Waals surface area (Å²) in [6, 6.07) is 1.37. The highest BCUT2D eigenvalue weighted by molar-refractivity contribution is 4.95. The first-order valence-electron chi connectivity index (χ1n) is 6.34. The fraction of sp³-hybridized carbons (Fsp3) is 1.00. The van der Waals surface area contributed by atoms with E-state index in [4.69, 9.17) is 9.47 Å². The minimum atomic E-state index is 0.435. The van der Waals surface area contributed by atoms with E-state index in [0.717, 1.165) is 6.61 Å². The van der Waals surface area contributed by atoms with Gasteiger partial charge in [0.1, 0.15) is 0 Å². The Bertz CT molecular complexity index is 230. The van der Waals surface area contributed by atoms with Gasteiger partial charge in [-0.1, -0.05) is 0 Å². The van der Waals surface area contributed by atoms with Crippen LogP contribution < -0.4 is 5.32 Å². The Morgan fingerprint density at radius 3 is 2.67 bits per heavy atom. The smallest absolute Gasteiger partial charge is 0.0856 e. The molecule has 0 bridgehead atoms. The van der Waals surface area contributed by atoms with Crippen LogP contribution in [0.15, 0.2) is 0 Å². The molecule has 0 radical (unpaired) electrons. The average Bonchev–Trinajstić information content (AvgIpc) is 2.96. The molecule has 1 N–H and O–H groups in total. The van der Waals surface area contributed by atoms with Crippen LogP contribution in [0.25, 0.3) is 0 Å². The third-order valence-corrected chi connectivity index (χ3v) is 3.96. The van der Waals surface area contributed by atoms with Crippen molar-refractivity contribution in [2.45, 2.75) is 69.4 Å². The molecule has 3 fully saturated rings. The molecule has 2 aliphatic heterocycles. The van der Waals surface area contributed by atoms with E-state index < -0.39 is 0 Å². The van der Waals surface area contributed by atoms with Gasteiger partial charge in [-0.25, -0.2) is 0 Å². The second-order valence-corrected chi connectivity index (χ2v) is 5.29. The predicted octanol–water partition coefficient (Wildman–Crippen LogP) is 1.46. The third-order valence-electron chi connectivity index (χ3n) is 3.96. The monoisotopic (exact) mass is 211 g/mol. The molecular weight excluding hydrogens is 190 g/mol. The predicted molar refractivity (Wildman–Crippen MR) is 57.9 cm³/mol. The van der Waals surface area contributed by atoms with Crippen LogP contribution in [0.1, 0.15) is 39.0 Å². The zero-order valence-corrected chi connectivity index (χ0v) is 9.45. The van der Waals surface area contributed by atoms with E-state index >= 15 is 0 Å². The van der Waals surface area contributed by atoms with E-state index in [1.54, 1.807) is 0 Å². The van der Waals surface area contributed by atoms with Crippen LogP contribution >= 0.6 is 0 Å². The van der Waals surface area contributed by atoms with Crippen molar-refractivity contribution >= 4 is 0 Å². The Morgan fingerprint density at radius 1 is 1.00 bits per heavy atom. The van der Waals surface area contributed by atoms with Crippen LogP contribution in [-0.4, -0.2) is 37.0 Å². The summed E-state index contributed by atoms with van der Waals surface area (Å²) in [7, 11) is 0. The molecule has 3 aliphatic rings. The van der Waals surface area contributed by atoms with E-state index in [-0.39, 0.29) is 0 Å². The molecule has 15 heavy (non-hydrogen) atoms. The highest BCUT2D eigenvalue weighted by Gasteiger charge is 2.44. The molecule has 2 saturated heterocycles. The van der Waals surface area contributed by atoms with Gasteiger partial charge in [0, 0.05) is 18.7 Å². The first-order chi connectivity index (χ1) is 7.31. The molecule has 1 aliphatic carbocycles. The molecule has 0 amide bonds. The van der Waals surface area contributed by atoms with Gasteiger partial charge in [0.2, 0.25) is 0 Å². The minimum absolute atomic E-state index is 0.435. The number of fused-ring (bicyclic) bond motifs is 1. The van der Waals surface area contributed by atoms with Gasteiger partial charge in [-0.2, -0.15) is 0 Å². The summed E-state index contributed by atoms with van der Waals surface area (Å²) in [4.78, 5) is 0. The van der Waals surface area contributed by atoms with Crippen LogP contribution in [0.4, 0.5) is 0 Å². The summed E-state index contributed by atoms with van der Waals surface area (Å²) in [5.41, 5.74) is 0. The van der Waals surface area contributed by atoms with Crippen molar-refractivity contribution < 1.29 is 9.47 Å². The Morgan fingerprint density at radius 2 is 1.87 bits per heavy atom. The molecule has 0 aromatic heterocycles. The van der Waals surface area contributed by atoms with Crippen molar-refractivity contribution in [3.8, 4) is 0 Å². The van der Waals surface area contributed by atoms with Crippen molar-refractivity contribution in [3.63, 3.8) is 0 Å². The lowest BCUT2D eigenvalue weighted by Crippen LogP contribution is -2.45. The number of rotatable bonds is 2. The lowest BCUT2D eigenvalue weighted by molar-refractivity contribution is 0.0105. The van der Waals surface area contributed by atoms with Gasteiger partial charge in [0.15, 0.2) is 0 Å². The van der Waals surface area contributed by atoms with Crippen LogP contribution in [0.3, 0.4) is 0 Å². The van der Waals surface area contributed by atoms with Gasteiger partial charge in [-0.3, -0.25) is 0 Å². The summed E-state index contributed by atoms with van der Waals surface area (Å²) in [6.07, 6.45) is 7.79. The summed E-state index contributed by atoms with van der Waals surface area (Å²) < 4.78 is 11.1. The standard InChI is InChI=1S/C12H21NO2/c1-8-6-10(4-5-14-8)13-9-2-3-11-12(7-9)15-11/h8-13H,2-7H2,1H3/t8?,9?,10?,11-,12?/m0/s1. The van der Waals surface area contributed by atoms with E-state index in [0.29, 0.717) is 30.4 Å². The van der Waals surface area contributed by atoms with Gasteiger partial charge in [-0.15, -0.1) is 0 Å². The summed E-state index contributed by atoms with van der Waals surface area (Å²) in [5, 5.41) is 3.79. The normalized spacial score (nSPS) is 49.8. The molecule has 0 aromatic carbocycles. The average molecular weight is 211 g/mol. The Kier molecular flexibility index (Phi) is 2.71. The van der Waals surface area contributed by atoms with Crippen molar-refractivity contribution in [3.05, 3.63) is 0 Å². The second-order valence-electron chi connectivity index (χ2n) is 5.29. The first kappa shape index (κ1) is 10.1. The quantitative estimate of drug-likeness (QED) is 0.702. The fourth-order valence-electron chi connectivity index (χ4n) is 3.04. The van der Waals surface area contributed by atoms with Crippen molar-refractivity contribution in [1.82, 2.24) is 5.32 Å². The number of hydrogen-bond acceptors (Lipinski definition) is 3. The molecule has 5 atom stereocenters. The summed E-state index contributed by atoms with van der Waals surface area (Å²) in [5.74, 6) is 0. The van der Waals surface area contributed by atoms with E-state index in [9.17, 15) is 0 Å². The van der Waals surface area contributed by atoms with Gasteiger partial charge >= 0.3 is 0 Å². The molecule has 0 spiro atoms. The first-order valence-corrected chi connectivity index (χ1v) is 6.34. The maximum Gasteiger partial charge on any atom is 0.0856 e. The van der Waals surface area contributed by atoms with Crippen molar-refractivity contribution in [2.75, 3.05) is 6.61 Å². The molecular formula is C12H21NO2. The minimum Gasteiger partial charge on any atom is -0.378 e. The highest BCUT2D eigenvalue weighted by atomic mass is 16.6. The number of epoxide rings is 1. The van der Waals surface area contributed by atoms with Crippen molar-refractivity contribution in [2.24, 2.45) is 0 Å². The zero-order chi connectivity index (χ0) is 10.3. The maximum absolute atomic E-state index is 5.56. The van der Waals surface area contributed by atoms with Crippen LogP contribution in [0.5, 0.6) is 0 Å². The van der Waals surface area contributed by atoms with E-state index in [2.05, 4.69) is 12.2 Å². The summed E-state index contributed by atoms with van der Waals surface area (Å²) in [6.45, 7) is 3.10. The molecule has 1 saturated carbocycles. The molecule has 4 unspecified atom stereocenters. The van der Waals surface area contributed by atoms with Crippen LogP contribution in [0, 0.1) is 0 Å². The van der Waals surface area contributed by atoms with Gasteiger partial charge in [0.25, 0.3) is 0 Å². The lowest BCUT2D eigenvalue weighted by Gasteiger charge is -2.32. The third kappa shape index (κ3) is 2.35. The SMILES string of the molecule is CC1CC(NC2CC[C@@H]3OC3C2)CCO1. The van der Waals surface area contributed by atoms with Gasteiger partial charge < -0.3 is 14.8 Å². The lowest BCUT2D eigenvalue weighted by atomic mass is 9.93. The van der Waals surface area contributed by atoms with Gasteiger partial charge in [0.05, 0.1) is 18.3 Å². The van der Waals surface area contributed by atoms with Gasteiger partial charge in [-0.05, 0) is 39.0 Å². The van der Waals surface area contributed by atoms with E-state index in [1.165, 1.54) is 32.1 Å². The fourth-order valence-corrected chi connectivity index (χ4v) is 3.04. The molecule has 86 valence electrons. The molecule has 0 aromatic rings. The number of ether oxygens (including phenoxy) is 2. The number of hydrogen-bond donors (Lipinski definition) is 1. The van der Waals surface area contributed by atoms with E-state index in [1.807, 2.05) is 0 Å². The number of nitrogens with one attached hydrogen (secondary N) is 1. The maximum atomic E-state index is 5.56. The second kappa shape index (κ2) is 4.04. The van der Waals surface area contributed by atoms with Crippen LogP contribution in [0.2, 0.25) is 0 Å². The molecule has 3 heteroatoms. The Balaban J connectivity index is 1.47. The molecule has 3 rings (SSSR count). The Hall–Kier alpha value is -0.120. The van der Waals surface area contributed by atoms with Crippen molar-refractivity contribution in [1.29, 1.82) is 0 Å².